The van der Waals surface area contributed by atoms with E-state index < -0.39 is 0 Å². The Bertz CT molecular complexity index is 619. The Morgan fingerprint density at radius 2 is 1.70 bits per heavy atom. The van der Waals surface area contributed by atoms with Gasteiger partial charge in [0.25, 0.3) is 0 Å². The first-order valence-electron chi connectivity index (χ1n) is 8.17. The Hall–Kier alpha value is -1.91. The van der Waals surface area contributed by atoms with Crippen molar-refractivity contribution in [2.75, 3.05) is 38.5 Å². The molecule has 1 aliphatic rings. The quantitative estimate of drug-likeness (QED) is 0.914. The highest BCUT2D eigenvalue weighted by molar-refractivity contribution is 5.45. The summed E-state index contributed by atoms with van der Waals surface area (Å²) in [6.07, 6.45) is 0. The van der Waals surface area contributed by atoms with Crippen LogP contribution in [0.2, 0.25) is 0 Å². The lowest BCUT2D eigenvalue weighted by Crippen LogP contribution is -2.43. The Kier molecular flexibility index (Phi) is 5.26. The molecule has 4 heteroatoms. The zero-order valence-electron chi connectivity index (χ0n) is 13.6. The predicted molar refractivity (Wildman–Crippen MR) is 92.9 cm³/mol. The van der Waals surface area contributed by atoms with Crippen LogP contribution in [0, 0.1) is 5.82 Å². The molecule has 1 heterocycles. The van der Waals surface area contributed by atoms with Crippen molar-refractivity contribution < 1.29 is 4.39 Å². The van der Waals surface area contributed by atoms with Crippen molar-refractivity contribution in [3.8, 4) is 0 Å². The number of benzene rings is 2. The summed E-state index contributed by atoms with van der Waals surface area (Å²) in [5.41, 5.74) is 3.36. The van der Waals surface area contributed by atoms with Crippen LogP contribution in [0.5, 0.6) is 0 Å². The maximum atomic E-state index is 13.2. The van der Waals surface area contributed by atoms with Crippen LogP contribution >= 0.6 is 0 Å². The molecular weight excluding hydrogens is 289 g/mol. The number of hydrogen-bond acceptors (Lipinski definition) is 3. The van der Waals surface area contributed by atoms with Crippen molar-refractivity contribution in [1.82, 2.24) is 9.80 Å². The minimum atomic E-state index is -0.188. The van der Waals surface area contributed by atoms with Crippen molar-refractivity contribution in [1.29, 1.82) is 0 Å². The van der Waals surface area contributed by atoms with E-state index in [2.05, 4.69) is 46.4 Å². The van der Waals surface area contributed by atoms with Crippen LogP contribution in [0.3, 0.4) is 0 Å². The highest BCUT2D eigenvalue weighted by Crippen LogP contribution is 2.14. The van der Waals surface area contributed by atoms with Gasteiger partial charge >= 0.3 is 0 Å². The van der Waals surface area contributed by atoms with Crippen LogP contribution < -0.4 is 5.32 Å². The normalized spacial score (nSPS) is 16.4. The Labute approximate surface area is 137 Å². The third-order valence-electron chi connectivity index (χ3n) is 4.34. The number of rotatable bonds is 5. The number of nitrogens with one attached hydrogen (secondary N) is 1. The van der Waals surface area contributed by atoms with Crippen LogP contribution in [0.1, 0.15) is 11.1 Å². The molecule has 1 saturated heterocycles. The van der Waals surface area contributed by atoms with Gasteiger partial charge in [0, 0.05) is 45.0 Å². The molecule has 0 atom stereocenters. The zero-order valence-corrected chi connectivity index (χ0v) is 13.6. The summed E-state index contributed by atoms with van der Waals surface area (Å²) in [4.78, 5) is 4.87. The number of hydrogen-bond donors (Lipinski definition) is 1. The van der Waals surface area contributed by atoms with E-state index >= 15 is 0 Å². The third-order valence-corrected chi connectivity index (χ3v) is 4.34. The van der Waals surface area contributed by atoms with Gasteiger partial charge in [-0.05, 0) is 42.4 Å². The molecular formula is C19H24FN3. The fraction of sp³-hybridized carbons (Fsp3) is 0.368. The Balaban J connectivity index is 1.51. The summed E-state index contributed by atoms with van der Waals surface area (Å²) in [6, 6.07) is 15.3. The van der Waals surface area contributed by atoms with Gasteiger partial charge < -0.3 is 10.2 Å². The van der Waals surface area contributed by atoms with E-state index in [1.54, 1.807) is 12.1 Å². The number of nitrogens with zero attached hydrogens (tertiary/aromatic N) is 2. The van der Waals surface area contributed by atoms with E-state index in [0.717, 1.165) is 44.0 Å². The van der Waals surface area contributed by atoms with Crippen molar-refractivity contribution >= 4 is 5.69 Å². The van der Waals surface area contributed by atoms with Crippen LogP contribution in [0.25, 0.3) is 0 Å². The molecule has 0 bridgehead atoms. The molecule has 0 radical (unpaired) electrons. The number of halogens is 1. The van der Waals surface area contributed by atoms with Crippen LogP contribution in [-0.2, 0) is 13.1 Å². The van der Waals surface area contributed by atoms with Gasteiger partial charge in [-0.1, -0.05) is 24.3 Å². The van der Waals surface area contributed by atoms with Crippen molar-refractivity contribution in [2.24, 2.45) is 0 Å². The maximum absolute atomic E-state index is 13.2. The summed E-state index contributed by atoms with van der Waals surface area (Å²) in [6.45, 7) is 6.21. The summed E-state index contributed by atoms with van der Waals surface area (Å²) < 4.78 is 13.2. The van der Waals surface area contributed by atoms with Gasteiger partial charge in [0.15, 0.2) is 0 Å². The highest BCUT2D eigenvalue weighted by atomic mass is 19.1. The van der Waals surface area contributed by atoms with E-state index in [0.29, 0.717) is 6.54 Å². The second kappa shape index (κ2) is 7.57. The molecule has 0 spiro atoms. The summed E-state index contributed by atoms with van der Waals surface area (Å²) >= 11 is 0. The maximum Gasteiger partial charge on any atom is 0.123 e. The van der Waals surface area contributed by atoms with Crippen LogP contribution in [0.15, 0.2) is 48.5 Å². The fourth-order valence-electron chi connectivity index (χ4n) is 2.84. The molecule has 23 heavy (non-hydrogen) atoms. The molecule has 2 aromatic carbocycles. The Morgan fingerprint density at radius 1 is 0.957 bits per heavy atom. The standard InChI is InChI=1S/C19H24FN3/c1-22-9-11-23(12-10-22)15-16-5-7-19(8-6-16)21-14-17-3-2-4-18(20)13-17/h2-8,13,21H,9-12,14-15H2,1H3. The molecule has 2 aromatic rings. The molecule has 122 valence electrons. The average molecular weight is 313 g/mol. The van der Waals surface area contributed by atoms with E-state index in [1.165, 1.54) is 11.6 Å². The van der Waals surface area contributed by atoms with Gasteiger partial charge in [-0.2, -0.15) is 0 Å². The first kappa shape index (κ1) is 16.0. The summed E-state index contributed by atoms with van der Waals surface area (Å²) in [5.74, 6) is -0.188. The monoisotopic (exact) mass is 313 g/mol. The minimum absolute atomic E-state index is 0.188. The van der Waals surface area contributed by atoms with Gasteiger partial charge in [-0.3, -0.25) is 4.90 Å². The number of likely N-dealkylation sites (N-methyl/N-ethyl adjacent to an activating group) is 1. The first-order valence-corrected chi connectivity index (χ1v) is 8.17. The van der Waals surface area contributed by atoms with Crippen LogP contribution in [-0.4, -0.2) is 43.0 Å². The predicted octanol–water partition coefficient (Wildman–Crippen LogP) is 3.19. The van der Waals surface area contributed by atoms with Crippen molar-refractivity contribution in [2.45, 2.75) is 13.1 Å². The number of anilines is 1. The topological polar surface area (TPSA) is 18.5 Å². The van der Waals surface area contributed by atoms with Crippen molar-refractivity contribution in [3.63, 3.8) is 0 Å². The SMILES string of the molecule is CN1CCN(Cc2ccc(NCc3cccc(F)c3)cc2)CC1. The van der Waals surface area contributed by atoms with Gasteiger partial charge in [-0.15, -0.1) is 0 Å². The molecule has 3 rings (SSSR count). The molecule has 0 unspecified atom stereocenters. The van der Waals surface area contributed by atoms with Gasteiger partial charge in [0.1, 0.15) is 5.82 Å². The summed E-state index contributed by atoms with van der Waals surface area (Å²) in [5, 5.41) is 3.34. The second-order valence-corrected chi connectivity index (χ2v) is 6.26. The molecule has 0 aromatic heterocycles. The molecule has 3 nitrogen and oxygen atoms in total. The van der Waals surface area contributed by atoms with Crippen molar-refractivity contribution in [3.05, 3.63) is 65.5 Å². The summed E-state index contributed by atoms with van der Waals surface area (Å²) in [7, 11) is 2.18. The minimum Gasteiger partial charge on any atom is -0.381 e. The first-order chi connectivity index (χ1) is 11.2. The molecule has 0 aliphatic carbocycles. The van der Waals surface area contributed by atoms with Gasteiger partial charge in [0.2, 0.25) is 0 Å². The zero-order chi connectivity index (χ0) is 16.1. The largest absolute Gasteiger partial charge is 0.381 e. The lowest BCUT2D eigenvalue weighted by molar-refractivity contribution is 0.148. The molecule has 1 aliphatic heterocycles. The van der Waals surface area contributed by atoms with E-state index in [1.807, 2.05) is 6.07 Å². The fourth-order valence-corrected chi connectivity index (χ4v) is 2.84. The van der Waals surface area contributed by atoms with E-state index in [9.17, 15) is 4.39 Å². The van der Waals surface area contributed by atoms with Gasteiger partial charge in [-0.25, -0.2) is 4.39 Å². The highest BCUT2D eigenvalue weighted by Gasteiger charge is 2.13. The number of piperazine rings is 1. The lowest BCUT2D eigenvalue weighted by Gasteiger charge is -2.32. The smallest absolute Gasteiger partial charge is 0.123 e. The molecule has 1 fully saturated rings. The van der Waals surface area contributed by atoms with E-state index in [4.69, 9.17) is 0 Å². The molecule has 0 amide bonds. The molecule has 0 saturated carbocycles. The Morgan fingerprint density at radius 3 is 2.39 bits per heavy atom. The van der Waals surface area contributed by atoms with Gasteiger partial charge in [0.05, 0.1) is 0 Å². The average Bonchev–Trinajstić information content (AvgIpc) is 2.56. The lowest BCUT2D eigenvalue weighted by atomic mass is 10.1. The van der Waals surface area contributed by atoms with E-state index in [-0.39, 0.29) is 5.82 Å². The third kappa shape index (κ3) is 4.78. The van der Waals surface area contributed by atoms with Crippen LogP contribution in [0.4, 0.5) is 10.1 Å². The second-order valence-electron chi connectivity index (χ2n) is 6.26. The molecule has 1 N–H and O–H groups in total.